The minimum atomic E-state index is -4.53. The van der Waals surface area contributed by atoms with E-state index in [-0.39, 0.29) is 25.6 Å². The van der Waals surface area contributed by atoms with Crippen molar-refractivity contribution in [1.29, 1.82) is 0 Å². The topological polar surface area (TPSA) is 62.1 Å². The van der Waals surface area contributed by atoms with Gasteiger partial charge < -0.3 is 10.0 Å². The molecule has 2 heterocycles. The highest BCUT2D eigenvalue weighted by atomic mass is 19.4. The minimum Gasteiger partial charge on any atom is -0.395 e. The molecule has 0 aliphatic rings. The van der Waals surface area contributed by atoms with Crippen molar-refractivity contribution in [3.05, 3.63) is 48.0 Å². The van der Waals surface area contributed by atoms with Gasteiger partial charge in [0.2, 0.25) is 5.95 Å². The van der Waals surface area contributed by atoms with Gasteiger partial charge in [0.15, 0.2) is 0 Å². The molecule has 0 amide bonds. The van der Waals surface area contributed by atoms with Crippen LogP contribution in [0.4, 0.5) is 19.1 Å². The first-order valence-electron chi connectivity index (χ1n) is 6.15. The van der Waals surface area contributed by atoms with Gasteiger partial charge in [-0.25, -0.2) is 9.97 Å². The van der Waals surface area contributed by atoms with Crippen LogP contribution in [0.5, 0.6) is 0 Å². The van der Waals surface area contributed by atoms with E-state index < -0.39 is 11.9 Å². The van der Waals surface area contributed by atoms with Crippen LogP contribution >= 0.6 is 0 Å². The van der Waals surface area contributed by atoms with E-state index in [0.29, 0.717) is 0 Å². The number of rotatable bonds is 5. The first kappa shape index (κ1) is 15.2. The molecule has 0 bridgehead atoms. The number of hydrogen-bond acceptors (Lipinski definition) is 5. The summed E-state index contributed by atoms with van der Waals surface area (Å²) in [6.45, 7) is 0.159. The maximum Gasteiger partial charge on any atom is 0.433 e. The fraction of sp³-hybridized carbons (Fsp3) is 0.308. The van der Waals surface area contributed by atoms with E-state index in [1.165, 1.54) is 4.90 Å². The fourth-order valence-corrected chi connectivity index (χ4v) is 1.74. The van der Waals surface area contributed by atoms with Gasteiger partial charge in [-0.2, -0.15) is 13.2 Å². The van der Waals surface area contributed by atoms with Gasteiger partial charge in [-0.05, 0) is 17.7 Å². The van der Waals surface area contributed by atoms with E-state index in [1.54, 1.807) is 24.5 Å². The minimum absolute atomic E-state index is 0.0808. The van der Waals surface area contributed by atoms with Gasteiger partial charge in [0.25, 0.3) is 0 Å². The lowest BCUT2D eigenvalue weighted by Gasteiger charge is -2.22. The van der Waals surface area contributed by atoms with E-state index in [9.17, 15) is 13.2 Å². The van der Waals surface area contributed by atoms with Crippen molar-refractivity contribution >= 4 is 5.95 Å². The zero-order chi connectivity index (χ0) is 15.3. The molecule has 0 fully saturated rings. The molecule has 21 heavy (non-hydrogen) atoms. The quantitative estimate of drug-likeness (QED) is 0.913. The number of aliphatic hydroxyl groups is 1. The molecule has 0 saturated carbocycles. The highest BCUT2D eigenvalue weighted by Gasteiger charge is 2.33. The molecule has 0 unspecified atom stereocenters. The maximum atomic E-state index is 12.7. The summed E-state index contributed by atoms with van der Waals surface area (Å²) in [6, 6.07) is 4.31. The average molecular weight is 298 g/mol. The van der Waals surface area contributed by atoms with Crippen LogP contribution in [0.25, 0.3) is 0 Å². The second-order valence-electron chi connectivity index (χ2n) is 4.25. The predicted octanol–water partition coefficient (Wildman–Crippen LogP) is 1.89. The van der Waals surface area contributed by atoms with Gasteiger partial charge in [-0.1, -0.05) is 6.07 Å². The molecular weight excluding hydrogens is 285 g/mol. The van der Waals surface area contributed by atoms with Gasteiger partial charge in [-0.3, -0.25) is 4.98 Å². The Morgan fingerprint density at radius 2 is 2.00 bits per heavy atom. The van der Waals surface area contributed by atoms with Crippen molar-refractivity contribution in [2.45, 2.75) is 12.7 Å². The summed E-state index contributed by atoms with van der Waals surface area (Å²) < 4.78 is 38.0. The van der Waals surface area contributed by atoms with Crippen molar-refractivity contribution in [2.24, 2.45) is 0 Å². The molecule has 1 N–H and O–H groups in total. The summed E-state index contributed by atoms with van der Waals surface area (Å²) >= 11 is 0. The molecule has 2 aromatic rings. The largest absolute Gasteiger partial charge is 0.433 e. The zero-order valence-electron chi connectivity index (χ0n) is 11.0. The van der Waals surface area contributed by atoms with Crippen LogP contribution in [0, 0.1) is 0 Å². The van der Waals surface area contributed by atoms with Crippen LogP contribution in [0.1, 0.15) is 11.3 Å². The normalized spacial score (nSPS) is 11.4. The summed E-state index contributed by atoms with van der Waals surface area (Å²) in [4.78, 5) is 12.8. The Bertz CT molecular complexity index is 577. The number of halogens is 3. The predicted molar refractivity (Wildman–Crippen MR) is 69.4 cm³/mol. The van der Waals surface area contributed by atoms with Crippen LogP contribution < -0.4 is 4.90 Å². The number of alkyl halides is 3. The van der Waals surface area contributed by atoms with Crippen molar-refractivity contribution in [1.82, 2.24) is 15.0 Å². The number of aliphatic hydroxyl groups excluding tert-OH is 1. The second kappa shape index (κ2) is 6.49. The molecule has 0 aliphatic heterocycles. The van der Waals surface area contributed by atoms with Crippen LogP contribution in [-0.2, 0) is 12.7 Å². The molecular formula is C13H13F3N4O. The Hall–Kier alpha value is -2.22. The van der Waals surface area contributed by atoms with Crippen LogP contribution in [0.2, 0.25) is 0 Å². The van der Waals surface area contributed by atoms with E-state index in [4.69, 9.17) is 5.11 Å². The fourth-order valence-electron chi connectivity index (χ4n) is 1.74. The summed E-state index contributed by atoms with van der Waals surface area (Å²) in [5.41, 5.74) is -0.228. The third kappa shape index (κ3) is 4.12. The summed E-state index contributed by atoms with van der Waals surface area (Å²) in [7, 11) is 0. The molecule has 0 aliphatic carbocycles. The van der Waals surface area contributed by atoms with Crippen LogP contribution in [0.15, 0.2) is 36.8 Å². The number of pyridine rings is 1. The summed E-state index contributed by atoms with van der Waals surface area (Å²) in [5, 5.41) is 9.07. The Balaban J connectivity index is 2.26. The number of anilines is 1. The molecule has 112 valence electrons. The average Bonchev–Trinajstić information content (AvgIpc) is 2.47. The van der Waals surface area contributed by atoms with Gasteiger partial charge >= 0.3 is 6.18 Å². The van der Waals surface area contributed by atoms with E-state index >= 15 is 0 Å². The molecule has 5 nitrogen and oxygen atoms in total. The van der Waals surface area contributed by atoms with Crippen molar-refractivity contribution in [3.8, 4) is 0 Å². The van der Waals surface area contributed by atoms with E-state index in [2.05, 4.69) is 15.0 Å². The highest BCUT2D eigenvalue weighted by molar-refractivity contribution is 5.32. The molecule has 8 heteroatoms. The second-order valence-corrected chi connectivity index (χ2v) is 4.25. The van der Waals surface area contributed by atoms with Crippen LogP contribution in [0.3, 0.4) is 0 Å². The standard InChI is InChI=1S/C13H13F3N4O/c14-13(15,16)11-3-5-18-12(19-11)20(6-7-21)9-10-2-1-4-17-8-10/h1-5,8,21H,6-7,9H2. The van der Waals surface area contributed by atoms with Crippen molar-refractivity contribution in [3.63, 3.8) is 0 Å². The maximum absolute atomic E-state index is 12.7. The molecule has 0 radical (unpaired) electrons. The lowest BCUT2D eigenvalue weighted by Crippen LogP contribution is -2.28. The Morgan fingerprint density at radius 1 is 1.19 bits per heavy atom. The van der Waals surface area contributed by atoms with Crippen molar-refractivity contribution in [2.75, 3.05) is 18.1 Å². The molecule has 0 aromatic carbocycles. The van der Waals surface area contributed by atoms with Gasteiger partial charge in [-0.15, -0.1) is 0 Å². The number of hydrogen-bond donors (Lipinski definition) is 1. The smallest absolute Gasteiger partial charge is 0.395 e. The number of nitrogens with zero attached hydrogens (tertiary/aromatic N) is 4. The Morgan fingerprint density at radius 3 is 2.62 bits per heavy atom. The van der Waals surface area contributed by atoms with Crippen molar-refractivity contribution < 1.29 is 18.3 Å². The Kier molecular flexibility index (Phi) is 4.69. The zero-order valence-corrected chi connectivity index (χ0v) is 11.0. The monoisotopic (exact) mass is 298 g/mol. The molecule has 2 aromatic heterocycles. The third-order valence-electron chi connectivity index (χ3n) is 2.68. The highest BCUT2D eigenvalue weighted by Crippen LogP contribution is 2.28. The van der Waals surface area contributed by atoms with Gasteiger partial charge in [0.05, 0.1) is 6.61 Å². The summed E-state index contributed by atoms with van der Waals surface area (Å²) in [6.07, 6.45) is -0.283. The van der Waals surface area contributed by atoms with E-state index in [1.807, 2.05) is 0 Å². The lowest BCUT2D eigenvalue weighted by molar-refractivity contribution is -0.141. The molecule has 2 rings (SSSR count). The first-order valence-corrected chi connectivity index (χ1v) is 6.15. The van der Waals surface area contributed by atoms with E-state index in [0.717, 1.165) is 17.8 Å². The SMILES string of the molecule is OCCN(Cc1cccnc1)c1nccc(C(F)(F)F)n1. The first-order chi connectivity index (χ1) is 10.0. The summed E-state index contributed by atoms with van der Waals surface area (Å²) in [5.74, 6) is -0.0808. The van der Waals surface area contributed by atoms with Crippen LogP contribution in [-0.4, -0.2) is 33.2 Å². The molecule has 0 saturated heterocycles. The van der Waals surface area contributed by atoms with Gasteiger partial charge in [0.1, 0.15) is 5.69 Å². The number of aromatic nitrogens is 3. The molecule has 0 spiro atoms. The third-order valence-corrected chi connectivity index (χ3v) is 2.68. The Labute approximate surface area is 119 Å². The molecule has 0 atom stereocenters. The lowest BCUT2D eigenvalue weighted by atomic mass is 10.2. The van der Waals surface area contributed by atoms with Gasteiger partial charge in [0, 0.05) is 31.7 Å².